The van der Waals surface area contributed by atoms with Crippen LogP contribution in [0.25, 0.3) is 0 Å². The van der Waals surface area contributed by atoms with Gasteiger partial charge in [0, 0.05) is 24.3 Å². The van der Waals surface area contributed by atoms with Gasteiger partial charge in [-0.2, -0.15) is 4.31 Å². The summed E-state index contributed by atoms with van der Waals surface area (Å²) < 4.78 is 32.8. The fraction of sp³-hybridized carbons (Fsp3) is 0.200. The quantitative estimate of drug-likeness (QED) is 0.382. The maximum atomic E-state index is 13.0. The maximum absolute atomic E-state index is 13.0. The van der Waals surface area contributed by atoms with Crippen molar-refractivity contribution >= 4 is 39.2 Å². The number of anilines is 1. The number of piperidine rings is 1. The number of halogens is 1. The average molecular weight is 499 g/mol. The van der Waals surface area contributed by atoms with Crippen LogP contribution in [0.1, 0.15) is 40.0 Å². The van der Waals surface area contributed by atoms with Gasteiger partial charge in [0.25, 0.3) is 5.91 Å². The van der Waals surface area contributed by atoms with Crippen molar-refractivity contribution in [2.75, 3.05) is 18.4 Å². The Morgan fingerprint density at radius 2 is 1.50 bits per heavy atom. The minimum absolute atomic E-state index is 0.0726. The number of ether oxygens (including phenoxy) is 1. The highest BCUT2D eigenvalue weighted by Gasteiger charge is 2.28. The molecule has 4 rings (SSSR count). The number of nitrogens with one attached hydrogen (secondary N) is 1. The molecule has 1 N–H and O–H groups in total. The average Bonchev–Trinajstić information content (AvgIpc) is 2.85. The lowest BCUT2D eigenvalue weighted by molar-refractivity contribution is 0.0734. The number of esters is 1. The van der Waals surface area contributed by atoms with Crippen LogP contribution in [0.5, 0.6) is 5.75 Å². The van der Waals surface area contributed by atoms with E-state index < -0.39 is 21.9 Å². The first kappa shape index (κ1) is 23.9. The molecule has 1 fully saturated rings. The molecule has 1 aliphatic heterocycles. The monoisotopic (exact) mass is 498 g/mol. The number of carbonyl (C=O) groups is 2. The minimum atomic E-state index is -3.79. The zero-order valence-electron chi connectivity index (χ0n) is 18.2. The molecule has 0 radical (unpaired) electrons. The summed E-state index contributed by atoms with van der Waals surface area (Å²) in [5.41, 5.74) is 0.924. The molecular weight excluding hydrogens is 476 g/mol. The first-order valence-electron chi connectivity index (χ1n) is 10.8. The van der Waals surface area contributed by atoms with Crippen molar-refractivity contribution in [3.8, 4) is 5.75 Å². The highest BCUT2D eigenvalue weighted by molar-refractivity contribution is 7.89. The second-order valence-electron chi connectivity index (χ2n) is 7.84. The van der Waals surface area contributed by atoms with Crippen LogP contribution in [0, 0.1) is 0 Å². The zero-order chi connectivity index (χ0) is 24.1. The summed E-state index contributed by atoms with van der Waals surface area (Å²) in [6.07, 6.45) is 2.59. The van der Waals surface area contributed by atoms with E-state index in [0.717, 1.165) is 19.3 Å². The third-order valence-electron chi connectivity index (χ3n) is 5.46. The van der Waals surface area contributed by atoms with Crippen molar-refractivity contribution in [3.63, 3.8) is 0 Å². The molecule has 1 heterocycles. The van der Waals surface area contributed by atoms with Crippen molar-refractivity contribution in [3.05, 3.63) is 88.9 Å². The van der Waals surface area contributed by atoms with Gasteiger partial charge in [-0.05, 0) is 67.4 Å². The van der Waals surface area contributed by atoms with E-state index in [4.69, 9.17) is 16.3 Å². The van der Waals surface area contributed by atoms with Crippen LogP contribution in [0.2, 0.25) is 5.02 Å². The number of sulfonamides is 1. The number of benzene rings is 3. The Kier molecular flexibility index (Phi) is 7.31. The molecule has 34 heavy (non-hydrogen) atoms. The van der Waals surface area contributed by atoms with Crippen LogP contribution in [-0.4, -0.2) is 37.7 Å². The molecule has 7 nitrogen and oxygen atoms in total. The van der Waals surface area contributed by atoms with Gasteiger partial charge in [0.15, 0.2) is 0 Å². The highest BCUT2D eigenvalue weighted by atomic mass is 35.5. The Bertz CT molecular complexity index is 1290. The molecule has 9 heteroatoms. The minimum Gasteiger partial charge on any atom is -0.423 e. The van der Waals surface area contributed by atoms with Crippen LogP contribution < -0.4 is 10.1 Å². The van der Waals surface area contributed by atoms with Crippen LogP contribution in [0.4, 0.5) is 5.69 Å². The number of hydrogen-bond donors (Lipinski definition) is 1. The lowest BCUT2D eigenvalue weighted by Gasteiger charge is -2.26. The molecule has 3 aromatic rings. The summed E-state index contributed by atoms with van der Waals surface area (Å²) in [6.45, 7) is 0.877. The topological polar surface area (TPSA) is 92.8 Å². The van der Waals surface area contributed by atoms with Crippen molar-refractivity contribution in [1.82, 2.24) is 4.31 Å². The van der Waals surface area contributed by atoms with E-state index in [2.05, 4.69) is 5.32 Å². The summed E-state index contributed by atoms with van der Waals surface area (Å²) >= 11 is 6.19. The fourth-order valence-electron chi connectivity index (χ4n) is 3.63. The predicted octanol–water partition coefficient (Wildman–Crippen LogP) is 4.99. The molecule has 1 amide bonds. The van der Waals surface area contributed by atoms with Crippen LogP contribution >= 0.6 is 11.6 Å². The number of carbonyl (C=O) groups excluding carboxylic acids is 2. The van der Waals surface area contributed by atoms with Crippen molar-refractivity contribution < 1.29 is 22.7 Å². The smallest absolute Gasteiger partial charge is 0.343 e. The standard InChI is InChI=1S/C25H23ClN2O5S/c26-22-14-11-19(17-23(22)34(31,32)28-15-5-2-6-16-28)24(29)27-20-12-9-18(10-13-20)25(30)33-21-7-3-1-4-8-21/h1,3-4,7-14,17H,2,5-6,15-16H2,(H,27,29). The van der Waals surface area contributed by atoms with E-state index >= 15 is 0 Å². The largest absolute Gasteiger partial charge is 0.423 e. The molecule has 1 saturated heterocycles. The Labute approximate surface area is 203 Å². The van der Waals surface area contributed by atoms with E-state index in [1.54, 1.807) is 36.4 Å². The van der Waals surface area contributed by atoms with Gasteiger partial charge >= 0.3 is 5.97 Å². The van der Waals surface area contributed by atoms with Gasteiger partial charge in [-0.25, -0.2) is 13.2 Å². The van der Waals surface area contributed by atoms with Crippen LogP contribution in [-0.2, 0) is 10.0 Å². The van der Waals surface area contributed by atoms with Crippen molar-refractivity contribution in [2.45, 2.75) is 24.2 Å². The molecule has 0 atom stereocenters. The van der Waals surface area contributed by atoms with Crippen LogP contribution in [0.3, 0.4) is 0 Å². The fourth-order valence-corrected chi connectivity index (χ4v) is 5.65. The molecule has 3 aromatic carbocycles. The van der Waals surface area contributed by atoms with E-state index in [-0.39, 0.29) is 15.5 Å². The summed E-state index contributed by atoms with van der Waals surface area (Å²) in [5, 5.41) is 2.78. The third kappa shape index (κ3) is 5.47. The number of rotatable bonds is 6. The summed E-state index contributed by atoms with van der Waals surface area (Å²) in [7, 11) is -3.79. The Hall–Kier alpha value is -3.20. The molecule has 0 aromatic heterocycles. The first-order chi connectivity index (χ1) is 16.3. The second-order valence-corrected chi connectivity index (χ2v) is 10.2. The van der Waals surface area contributed by atoms with Crippen LogP contribution in [0.15, 0.2) is 77.7 Å². The van der Waals surface area contributed by atoms with Gasteiger partial charge in [-0.15, -0.1) is 0 Å². The summed E-state index contributed by atoms with van der Waals surface area (Å²) in [5.74, 6) is -0.580. The van der Waals surface area contributed by atoms with E-state index in [0.29, 0.717) is 30.1 Å². The highest BCUT2D eigenvalue weighted by Crippen LogP contribution is 2.28. The molecular formula is C25H23ClN2O5S. The lowest BCUT2D eigenvalue weighted by Crippen LogP contribution is -2.35. The van der Waals surface area contributed by atoms with Gasteiger partial charge in [0.2, 0.25) is 10.0 Å². The van der Waals surface area contributed by atoms with Gasteiger partial charge in [0.1, 0.15) is 10.6 Å². The summed E-state index contributed by atoms with van der Waals surface area (Å²) in [4.78, 5) is 25.0. The lowest BCUT2D eigenvalue weighted by atomic mass is 10.2. The summed E-state index contributed by atoms with van der Waals surface area (Å²) in [6, 6.07) is 19.1. The SMILES string of the molecule is O=C(Nc1ccc(C(=O)Oc2ccccc2)cc1)c1ccc(Cl)c(S(=O)(=O)N2CCCCC2)c1. The molecule has 0 spiro atoms. The molecule has 0 aliphatic carbocycles. The Balaban J connectivity index is 1.46. The number of nitrogens with zero attached hydrogens (tertiary/aromatic N) is 1. The molecule has 176 valence electrons. The van der Waals surface area contributed by atoms with Gasteiger partial charge in [0.05, 0.1) is 10.6 Å². The Morgan fingerprint density at radius 1 is 0.853 bits per heavy atom. The third-order valence-corrected chi connectivity index (χ3v) is 7.84. The molecule has 0 bridgehead atoms. The zero-order valence-corrected chi connectivity index (χ0v) is 19.8. The first-order valence-corrected chi connectivity index (χ1v) is 12.6. The maximum Gasteiger partial charge on any atom is 0.343 e. The predicted molar refractivity (Wildman–Crippen MR) is 130 cm³/mol. The molecule has 0 unspecified atom stereocenters. The van der Waals surface area contributed by atoms with E-state index in [1.807, 2.05) is 6.07 Å². The second kappa shape index (κ2) is 10.4. The van der Waals surface area contributed by atoms with Gasteiger partial charge in [-0.1, -0.05) is 36.2 Å². The van der Waals surface area contributed by atoms with Gasteiger partial charge < -0.3 is 10.1 Å². The number of hydrogen-bond acceptors (Lipinski definition) is 5. The van der Waals surface area contributed by atoms with Crippen molar-refractivity contribution in [1.29, 1.82) is 0 Å². The van der Waals surface area contributed by atoms with E-state index in [9.17, 15) is 18.0 Å². The Morgan fingerprint density at radius 3 is 2.18 bits per heavy atom. The molecule has 0 saturated carbocycles. The number of para-hydroxylation sites is 1. The van der Waals surface area contributed by atoms with Gasteiger partial charge in [-0.3, -0.25) is 4.79 Å². The molecule has 1 aliphatic rings. The number of amides is 1. The van der Waals surface area contributed by atoms with E-state index in [1.165, 1.54) is 34.6 Å². The van der Waals surface area contributed by atoms with Crippen molar-refractivity contribution in [2.24, 2.45) is 0 Å². The normalized spacial score (nSPS) is 14.4.